The van der Waals surface area contributed by atoms with Crippen LogP contribution in [0.25, 0.3) is 0 Å². The summed E-state index contributed by atoms with van der Waals surface area (Å²) in [5.74, 6) is 0.861. The predicted octanol–water partition coefficient (Wildman–Crippen LogP) is 2.76. The van der Waals surface area contributed by atoms with E-state index in [0.717, 1.165) is 38.6 Å². The lowest BCUT2D eigenvalue weighted by atomic mass is 10.2. The maximum absolute atomic E-state index is 4.20. The van der Waals surface area contributed by atoms with Gasteiger partial charge in [0.15, 0.2) is 5.96 Å². The topological polar surface area (TPSA) is 39.7 Å². The van der Waals surface area contributed by atoms with Gasteiger partial charge >= 0.3 is 0 Å². The first-order valence-electron chi connectivity index (χ1n) is 7.27. The highest BCUT2D eigenvalue weighted by Gasteiger charge is 2.06. The number of nitrogens with one attached hydrogen (secondary N) is 2. The Hall–Kier alpha value is -1.24. The summed E-state index contributed by atoms with van der Waals surface area (Å²) < 4.78 is 0. The molecule has 0 aliphatic carbocycles. The zero-order valence-electron chi connectivity index (χ0n) is 12.8. The third-order valence-electron chi connectivity index (χ3n) is 3.35. The Labute approximate surface area is 144 Å². The molecule has 0 spiro atoms. The molecule has 116 valence electrons. The van der Waals surface area contributed by atoms with Crippen LogP contribution in [-0.2, 0) is 6.54 Å². The van der Waals surface area contributed by atoms with Gasteiger partial charge < -0.3 is 15.5 Å². The molecule has 1 aliphatic rings. The molecule has 1 aromatic carbocycles. The Kier molecular flexibility index (Phi) is 8.19. The van der Waals surface area contributed by atoms with Crippen LogP contribution < -0.4 is 15.5 Å². The zero-order chi connectivity index (χ0) is 14.2. The average Bonchev–Trinajstić information content (AvgIpc) is 3.02. The SMILES string of the molecule is CCCNC(=NC)NCc1ccc(N2CC=CC2)cc1.I. The van der Waals surface area contributed by atoms with E-state index in [2.05, 4.69) is 63.9 Å². The Balaban J connectivity index is 0.00000220. The maximum Gasteiger partial charge on any atom is 0.191 e. The molecule has 0 bridgehead atoms. The number of benzene rings is 1. The van der Waals surface area contributed by atoms with Crippen molar-refractivity contribution in [2.24, 2.45) is 4.99 Å². The van der Waals surface area contributed by atoms with Crippen LogP contribution in [0, 0.1) is 0 Å². The van der Waals surface area contributed by atoms with Gasteiger partial charge in [0.25, 0.3) is 0 Å². The van der Waals surface area contributed by atoms with Gasteiger partial charge in [-0.15, -0.1) is 24.0 Å². The Morgan fingerprint density at radius 1 is 1.14 bits per heavy atom. The molecule has 0 aromatic heterocycles. The summed E-state index contributed by atoms with van der Waals surface area (Å²) in [5.41, 5.74) is 2.55. The quantitative estimate of drug-likeness (QED) is 0.346. The molecule has 0 saturated heterocycles. The molecule has 21 heavy (non-hydrogen) atoms. The number of hydrogen-bond acceptors (Lipinski definition) is 2. The number of aliphatic imine (C=N–C) groups is 1. The van der Waals surface area contributed by atoms with Gasteiger partial charge in [0.1, 0.15) is 0 Å². The zero-order valence-corrected chi connectivity index (χ0v) is 15.1. The van der Waals surface area contributed by atoms with Crippen LogP contribution in [0.4, 0.5) is 5.69 Å². The van der Waals surface area contributed by atoms with Crippen LogP contribution in [0.15, 0.2) is 41.4 Å². The summed E-state index contributed by atoms with van der Waals surface area (Å²) >= 11 is 0. The van der Waals surface area contributed by atoms with Crippen LogP contribution in [0.2, 0.25) is 0 Å². The Bertz CT molecular complexity index is 460. The molecule has 1 aliphatic heterocycles. The van der Waals surface area contributed by atoms with E-state index in [1.165, 1.54) is 11.3 Å². The van der Waals surface area contributed by atoms with E-state index in [1.807, 2.05) is 0 Å². The molecule has 2 N–H and O–H groups in total. The average molecular weight is 400 g/mol. The molecule has 5 heteroatoms. The minimum Gasteiger partial charge on any atom is -0.364 e. The number of anilines is 1. The minimum absolute atomic E-state index is 0. The van der Waals surface area contributed by atoms with Crippen LogP contribution in [0.1, 0.15) is 18.9 Å². The fourth-order valence-electron chi connectivity index (χ4n) is 2.16. The monoisotopic (exact) mass is 400 g/mol. The lowest BCUT2D eigenvalue weighted by molar-refractivity contribution is 0.781. The third-order valence-corrected chi connectivity index (χ3v) is 3.35. The molecule has 0 unspecified atom stereocenters. The summed E-state index contributed by atoms with van der Waals surface area (Å²) in [5, 5.41) is 6.59. The molecule has 1 aromatic rings. The molecule has 2 rings (SSSR count). The number of guanidine groups is 1. The third kappa shape index (κ3) is 5.57. The lowest BCUT2D eigenvalue weighted by Crippen LogP contribution is -2.37. The van der Waals surface area contributed by atoms with Crippen molar-refractivity contribution >= 4 is 35.6 Å². The molecule has 1 heterocycles. The molecular weight excluding hydrogens is 375 g/mol. The number of nitrogens with zero attached hydrogens (tertiary/aromatic N) is 2. The summed E-state index contributed by atoms with van der Waals surface area (Å²) in [6, 6.07) is 8.72. The number of halogens is 1. The van der Waals surface area contributed by atoms with E-state index in [4.69, 9.17) is 0 Å². The van der Waals surface area contributed by atoms with E-state index in [9.17, 15) is 0 Å². The largest absolute Gasteiger partial charge is 0.364 e. The standard InChI is InChI=1S/C16H24N4.HI/c1-3-10-18-16(17-2)19-13-14-6-8-15(9-7-14)20-11-4-5-12-20;/h4-9H,3,10-13H2,1-2H3,(H2,17,18,19);1H. The summed E-state index contributed by atoms with van der Waals surface area (Å²) in [6.45, 7) is 5.92. The summed E-state index contributed by atoms with van der Waals surface area (Å²) in [4.78, 5) is 6.55. The highest BCUT2D eigenvalue weighted by atomic mass is 127. The van der Waals surface area contributed by atoms with Gasteiger partial charge in [-0.25, -0.2) is 0 Å². The summed E-state index contributed by atoms with van der Waals surface area (Å²) in [7, 11) is 1.80. The van der Waals surface area contributed by atoms with Crippen molar-refractivity contribution in [2.75, 3.05) is 31.6 Å². The first kappa shape index (κ1) is 17.8. The molecule has 4 nitrogen and oxygen atoms in total. The van der Waals surface area contributed by atoms with E-state index in [-0.39, 0.29) is 24.0 Å². The minimum atomic E-state index is 0. The van der Waals surface area contributed by atoms with E-state index < -0.39 is 0 Å². The van der Waals surface area contributed by atoms with Crippen molar-refractivity contribution < 1.29 is 0 Å². The number of hydrogen-bond donors (Lipinski definition) is 2. The fraction of sp³-hybridized carbons (Fsp3) is 0.438. The molecule has 0 radical (unpaired) electrons. The van der Waals surface area contributed by atoms with Gasteiger partial charge in [0.2, 0.25) is 0 Å². The van der Waals surface area contributed by atoms with Crippen LogP contribution in [0.3, 0.4) is 0 Å². The fourth-order valence-corrected chi connectivity index (χ4v) is 2.16. The van der Waals surface area contributed by atoms with Gasteiger partial charge in [0, 0.05) is 38.9 Å². The summed E-state index contributed by atoms with van der Waals surface area (Å²) in [6.07, 6.45) is 5.51. The number of rotatable bonds is 5. The second-order valence-electron chi connectivity index (χ2n) is 4.90. The molecule has 0 amide bonds. The van der Waals surface area contributed by atoms with Gasteiger partial charge in [-0.3, -0.25) is 4.99 Å². The maximum atomic E-state index is 4.20. The van der Waals surface area contributed by atoms with Crippen molar-refractivity contribution in [3.8, 4) is 0 Å². The normalized spacial score (nSPS) is 14.0. The van der Waals surface area contributed by atoms with Gasteiger partial charge in [-0.2, -0.15) is 0 Å². The van der Waals surface area contributed by atoms with Gasteiger partial charge in [-0.1, -0.05) is 31.2 Å². The molecule has 0 atom stereocenters. The van der Waals surface area contributed by atoms with Crippen molar-refractivity contribution in [3.63, 3.8) is 0 Å². The van der Waals surface area contributed by atoms with Crippen molar-refractivity contribution in [3.05, 3.63) is 42.0 Å². The Morgan fingerprint density at radius 3 is 2.38 bits per heavy atom. The van der Waals surface area contributed by atoms with Crippen molar-refractivity contribution in [2.45, 2.75) is 19.9 Å². The highest BCUT2D eigenvalue weighted by molar-refractivity contribution is 14.0. The first-order valence-corrected chi connectivity index (χ1v) is 7.27. The van der Waals surface area contributed by atoms with E-state index >= 15 is 0 Å². The van der Waals surface area contributed by atoms with E-state index in [0.29, 0.717) is 0 Å². The van der Waals surface area contributed by atoms with Crippen LogP contribution >= 0.6 is 24.0 Å². The molecular formula is C16H25IN4. The molecule has 0 fully saturated rings. The second-order valence-corrected chi connectivity index (χ2v) is 4.90. The van der Waals surface area contributed by atoms with Crippen LogP contribution in [0.5, 0.6) is 0 Å². The van der Waals surface area contributed by atoms with Crippen molar-refractivity contribution in [1.82, 2.24) is 10.6 Å². The predicted molar refractivity (Wildman–Crippen MR) is 102 cm³/mol. The lowest BCUT2D eigenvalue weighted by Gasteiger charge is -2.18. The Morgan fingerprint density at radius 2 is 1.81 bits per heavy atom. The van der Waals surface area contributed by atoms with Crippen molar-refractivity contribution in [1.29, 1.82) is 0 Å². The van der Waals surface area contributed by atoms with Crippen LogP contribution in [-0.4, -0.2) is 32.6 Å². The first-order chi connectivity index (χ1) is 9.83. The van der Waals surface area contributed by atoms with Gasteiger partial charge in [0.05, 0.1) is 0 Å². The second kappa shape index (κ2) is 9.65. The smallest absolute Gasteiger partial charge is 0.191 e. The molecule has 0 saturated carbocycles. The van der Waals surface area contributed by atoms with Gasteiger partial charge in [-0.05, 0) is 24.1 Å². The highest BCUT2D eigenvalue weighted by Crippen LogP contribution is 2.17. The van der Waals surface area contributed by atoms with E-state index in [1.54, 1.807) is 7.05 Å².